The molecule has 7 atom stereocenters. The number of nitrogens with zero attached hydrogens (tertiary/aromatic N) is 1. The zero-order chi connectivity index (χ0) is 41.0. The summed E-state index contributed by atoms with van der Waals surface area (Å²) in [5.41, 5.74) is 6.25. The molecule has 15 heteroatoms. The van der Waals surface area contributed by atoms with Crippen LogP contribution in [-0.2, 0) is 33.5 Å². The predicted octanol–water partition coefficient (Wildman–Crippen LogP) is 1.48. The van der Waals surface area contributed by atoms with E-state index in [0.29, 0.717) is 25.7 Å². The van der Waals surface area contributed by atoms with Crippen LogP contribution in [-0.4, -0.2) is 116 Å². The molecule has 0 aromatic heterocycles. The van der Waals surface area contributed by atoms with Crippen LogP contribution in [0.15, 0.2) is 0 Å². The summed E-state index contributed by atoms with van der Waals surface area (Å²) in [5.74, 6) is -3.46. The van der Waals surface area contributed by atoms with Crippen LogP contribution in [0.3, 0.4) is 0 Å². The van der Waals surface area contributed by atoms with E-state index in [1.165, 1.54) is 4.90 Å². The van der Waals surface area contributed by atoms with Crippen LogP contribution in [0.1, 0.15) is 118 Å². The molecule has 2 saturated heterocycles. The number of hydrogen-bond acceptors (Lipinski definition) is 9. The van der Waals surface area contributed by atoms with Crippen molar-refractivity contribution in [1.29, 1.82) is 0 Å². The number of carbonyl (C=O) groups excluding carboxylic acids is 6. The van der Waals surface area contributed by atoms with Crippen LogP contribution in [0.4, 0.5) is 0 Å². The Morgan fingerprint density at radius 1 is 0.893 bits per heavy atom. The summed E-state index contributed by atoms with van der Waals surface area (Å²) in [7, 11) is 1.64. The monoisotopic (exact) mass is 789 g/mol. The first-order valence-corrected chi connectivity index (χ1v) is 21.5. The number of amides is 6. The number of nitrogens with one attached hydrogen (secondary N) is 6. The zero-order valence-corrected chi connectivity index (χ0v) is 34.9. The Morgan fingerprint density at radius 2 is 1.55 bits per heavy atom. The van der Waals surface area contributed by atoms with Crippen molar-refractivity contribution in [2.75, 3.05) is 39.8 Å². The van der Waals surface area contributed by atoms with Crippen LogP contribution < -0.4 is 37.6 Å². The number of rotatable bonds is 12. The van der Waals surface area contributed by atoms with Crippen molar-refractivity contribution in [2.24, 2.45) is 34.8 Å². The third-order valence-electron chi connectivity index (χ3n) is 12.5. The Labute approximate surface area is 334 Å². The molecule has 15 nitrogen and oxygen atoms in total. The minimum absolute atomic E-state index is 0.0684. The highest BCUT2D eigenvalue weighted by atomic mass is 16.5. The first-order valence-electron chi connectivity index (χ1n) is 21.5. The average molecular weight is 789 g/mol. The average Bonchev–Trinajstić information content (AvgIpc) is 3.13. The summed E-state index contributed by atoms with van der Waals surface area (Å²) in [6.07, 6.45) is 10.3. The molecule has 0 aromatic carbocycles. The third kappa shape index (κ3) is 12.3. The molecule has 8 N–H and O–H groups in total. The van der Waals surface area contributed by atoms with Crippen molar-refractivity contribution >= 4 is 35.4 Å². The van der Waals surface area contributed by atoms with Gasteiger partial charge in [0.2, 0.25) is 35.4 Å². The molecule has 0 bridgehead atoms. The molecule has 5 unspecified atom stereocenters. The maximum absolute atomic E-state index is 14.3. The molecule has 6 amide bonds. The smallest absolute Gasteiger partial charge is 0.244 e. The normalized spacial score (nSPS) is 30.5. The molecule has 318 valence electrons. The molecule has 4 fully saturated rings. The van der Waals surface area contributed by atoms with Gasteiger partial charge in [-0.15, -0.1) is 0 Å². The number of unbranched alkanes of at least 4 members (excludes halogenated alkanes) is 3. The van der Waals surface area contributed by atoms with Crippen LogP contribution >= 0.6 is 0 Å². The number of ether oxygens (including phenoxy) is 1. The second kappa shape index (κ2) is 21.5. The van der Waals surface area contributed by atoms with Gasteiger partial charge in [0, 0.05) is 45.2 Å². The minimum atomic E-state index is -1.22. The van der Waals surface area contributed by atoms with Crippen molar-refractivity contribution < 1.29 is 33.5 Å². The van der Waals surface area contributed by atoms with Gasteiger partial charge in [-0.25, -0.2) is 0 Å². The molecule has 4 aliphatic rings. The summed E-state index contributed by atoms with van der Waals surface area (Å²) < 4.78 is 6.42. The first kappa shape index (κ1) is 45.4. The second-order valence-corrected chi connectivity index (χ2v) is 17.7. The molecule has 2 heterocycles. The molecular weight excluding hydrogens is 716 g/mol. The van der Waals surface area contributed by atoms with Crippen molar-refractivity contribution in [3.63, 3.8) is 0 Å². The Kier molecular flexibility index (Phi) is 17.4. The molecular formula is C41H72N8O7. The highest BCUT2D eigenvalue weighted by Gasteiger charge is 2.51. The van der Waals surface area contributed by atoms with E-state index >= 15 is 0 Å². The van der Waals surface area contributed by atoms with Gasteiger partial charge in [-0.3, -0.25) is 28.8 Å². The lowest BCUT2D eigenvalue weighted by atomic mass is 9.58. The topological polar surface area (TPSA) is 213 Å². The van der Waals surface area contributed by atoms with Gasteiger partial charge in [0.15, 0.2) is 0 Å². The van der Waals surface area contributed by atoms with Gasteiger partial charge < -0.3 is 47.3 Å². The lowest BCUT2D eigenvalue weighted by Crippen LogP contribution is -2.64. The quantitative estimate of drug-likeness (QED) is 0.143. The van der Waals surface area contributed by atoms with E-state index in [1.54, 1.807) is 14.0 Å². The fourth-order valence-corrected chi connectivity index (χ4v) is 8.80. The van der Waals surface area contributed by atoms with Crippen molar-refractivity contribution in [3.8, 4) is 0 Å². The Bertz CT molecular complexity index is 1340. The van der Waals surface area contributed by atoms with Crippen molar-refractivity contribution in [1.82, 2.24) is 36.8 Å². The molecule has 2 aliphatic heterocycles. The van der Waals surface area contributed by atoms with Gasteiger partial charge in [-0.1, -0.05) is 72.6 Å². The Balaban J connectivity index is 1.63. The molecule has 0 radical (unpaired) electrons. The summed E-state index contributed by atoms with van der Waals surface area (Å²) in [5, 5.41) is 17.6. The highest BCUT2D eigenvalue weighted by Crippen LogP contribution is 2.48. The minimum Gasteiger partial charge on any atom is -0.375 e. The predicted molar refractivity (Wildman–Crippen MR) is 214 cm³/mol. The summed E-state index contributed by atoms with van der Waals surface area (Å²) >= 11 is 0. The zero-order valence-electron chi connectivity index (χ0n) is 34.9. The van der Waals surface area contributed by atoms with E-state index in [4.69, 9.17) is 10.5 Å². The van der Waals surface area contributed by atoms with E-state index in [-0.39, 0.29) is 54.7 Å². The van der Waals surface area contributed by atoms with Gasteiger partial charge >= 0.3 is 0 Å². The van der Waals surface area contributed by atoms with Crippen LogP contribution in [0.2, 0.25) is 0 Å². The van der Waals surface area contributed by atoms with E-state index in [9.17, 15) is 28.8 Å². The third-order valence-corrected chi connectivity index (χ3v) is 12.5. The van der Waals surface area contributed by atoms with Gasteiger partial charge in [0.05, 0.1) is 18.6 Å². The molecule has 4 rings (SSSR count). The van der Waals surface area contributed by atoms with Gasteiger partial charge in [-0.05, 0) is 62.7 Å². The Hall–Kier alpha value is -3.30. The number of carbonyl (C=O) groups is 6. The summed E-state index contributed by atoms with van der Waals surface area (Å²) in [4.78, 5) is 84.9. The number of nitrogens with two attached hydrogens (primary N) is 1. The van der Waals surface area contributed by atoms with E-state index in [0.717, 1.165) is 70.9 Å². The van der Waals surface area contributed by atoms with Gasteiger partial charge in [0.1, 0.15) is 24.2 Å². The van der Waals surface area contributed by atoms with Gasteiger partial charge in [-0.2, -0.15) is 0 Å². The van der Waals surface area contributed by atoms with Crippen molar-refractivity contribution in [3.05, 3.63) is 0 Å². The SMILES string of the molecule is CCCCCC[C@H]1OC[C@@H](C)NC(=O)C(CNC(=O)C2CC3(CNC3)C2)NC(=O)C(CN)NC(=O)C(C2CCCCC2)NC(=O)C(CC(C)C)N(C)C(=O)C1C. The van der Waals surface area contributed by atoms with E-state index in [1.807, 2.05) is 20.8 Å². The molecule has 2 aliphatic carbocycles. The van der Waals surface area contributed by atoms with Crippen LogP contribution in [0.25, 0.3) is 0 Å². The highest BCUT2D eigenvalue weighted by molar-refractivity contribution is 5.96. The molecule has 1 spiro atoms. The van der Waals surface area contributed by atoms with E-state index < -0.39 is 65.9 Å². The Morgan fingerprint density at radius 3 is 2.16 bits per heavy atom. The van der Waals surface area contributed by atoms with Crippen LogP contribution in [0.5, 0.6) is 0 Å². The standard InChI is InChI=1S/C41H72N8O7/c1-7-8-9-13-16-33-27(5)40(55)49(6)32(17-25(2)3)38(53)48-34(28-14-11-10-12-15-28)39(54)46-30(20-42)36(51)47-31(37(52)45-26(4)22-56-33)21-44-35(50)29-18-41(19-29)23-43-24-41/h25-34,43H,7-24,42H2,1-6H3,(H,44,50)(H,45,52)(H,46,54)(H,47,51)(H,48,53)/t26-,27?,30?,31?,32?,33-,34?/m1/s1. The number of hydrogen-bond donors (Lipinski definition) is 7. The largest absolute Gasteiger partial charge is 0.375 e. The second-order valence-electron chi connectivity index (χ2n) is 17.7. The van der Waals surface area contributed by atoms with Gasteiger partial charge in [0.25, 0.3) is 0 Å². The number of likely N-dealkylation sites (N-methyl/N-ethyl adjacent to an activating group) is 1. The molecule has 56 heavy (non-hydrogen) atoms. The lowest BCUT2D eigenvalue weighted by molar-refractivity contribution is -0.147. The summed E-state index contributed by atoms with van der Waals surface area (Å²) in [6, 6.07) is -4.72. The van der Waals surface area contributed by atoms with Crippen LogP contribution in [0, 0.1) is 29.1 Å². The maximum Gasteiger partial charge on any atom is 0.244 e. The van der Waals surface area contributed by atoms with Crippen molar-refractivity contribution in [2.45, 2.75) is 154 Å². The molecule has 0 aromatic rings. The fourth-order valence-electron chi connectivity index (χ4n) is 8.80. The fraction of sp³-hybridized carbons (Fsp3) is 0.854. The maximum atomic E-state index is 14.3. The van der Waals surface area contributed by atoms with E-state index in [2.05, 4.69) is 38.8 Å². The molecule has 2 saturated carbocycles. The first-order chi connectivity index (χ1) is 26.7. The lowest BCUT2D eigenvalue weighted by Gasteiger charge is -2.53. The summed E-state index contributed by atoms with van der Waals surface area (Å²) in [6.45, 7) is 11.2.